The van der Waals surface area contributed by atoms with Crippen molar-refractivity contribution in [3.63, 3.8) is 0 Å². The topological polar surface area (TPSA) is 55.0 Å². The number of anilines is 2. The Morgan fingerprint density at radius 2 is 2.00 bits per heavy atom. The van der Waals surface area contributed by atoms with Gasteiger partial charge in [0.15, 0.2) is 0 Å². The van der Waals surface area contributed by atoms with Crippen LogP contribution in [0.25, 0.3) is 0 Å². The van der Waals surface area contributed by atoms with E-state index in [-0.39, 0.29) is 0 Å². The van der Waals surface area contributed by atoms with Gasteiger partial charge in [0.25, 0.3) is 0 Å². The molecule has 4 heteroatoms. The Morgan fingerprint density at radius 1 is 1.29 bits per heavy atom. The van der Waals surface area contributed by atoms with Gasteiger partial charge in [0, 0.05) is 24.6 Å². The summed E-state index contributed by atoms with van der Waals surface area (Å²) in [6, 6.07) is 0.674. The van der Waals surface area contributed by atoms with E-state index in [9.17, 15) is 0 Å². The van der Waals surface area contributed by atoms with Crippen molar-refractivity contribution in [3.05, 3.63) is 11.4 Å². The Morgan fingerprint density at radius 3 is 2.53 bits per heavy atom. The van der Waals surface area contributed by atoms with Crippen LogP contribution in [0, 0.1) is 6.92 Å². The molecule has 0 unspecified atom stereocenters. The summed E-state index contributed by atoms with van der Waals surface area (Å²) in [5.74, 6) is 2.54. The van der Waals surface area contributed by atoms with Crippen LogP contribution in [0.3, 0.4) is 0 Å². The maximum atomic E-state index is 5.97. The molecule has 1 fully saturated rings. The van der Waals surface area contributed by atoms with E-state index in [4.69, 9.17) is 5.73 Å². The number of hydrogen-bond acceptors (Lipinski definition) is 4. The van der Waals surface area contributed by atoms with Crippen molar-refractivity contribution in [2.45, 2.75) is 52.5 Å². The molecule has 2 N–H and O–H groups in total. The lowest BCUT2D eigenvalue weighted by molar-refractivity contribution is 0.738. The fourth-order valence-electron chi connectivity index (χ4n) is 2.09. The fourth-order valence-corrected chi connectivity index (χ4v) is 2.09. The summed E-state index contributed by atoms with van der Waals surface area (Å²) in [4.78, 5) is 11.4. The van der Waals surface area contributed by atoms with Crippen LogP contribution in [0.1, 0.15) is 44.5 Å². The summed E-state index contributed by atoms with van der Waals surface area (Å²) in [6.45, 7) is 7.35. The molecule has 94 valence electrons. The number of aromatic nitrogens is 2. The zero-order valence-electron chi connectivity index (χ0n) is 11.0. The van der Waals surface area contributed by atoms with Crippen LogP contribution in [-0.4, -0.2) is 22.6 Å². The largest absolute Gasteiger partial charge is 0.383 e. The van der Waals surface area contributed by atoms with E-state index in [2.05, 4.69) is 28.7 Å². The predicted octanol–water partition coefficient (Wildman–Crippen LogP) is 2.31. The molecule has 1 aliphatic rings. The van der Waals surface area contributed by atoms with E-state index in [0.29, 0.717) is 11.9 Å². The van der Waals surface area contributed by atoms with E-state index in [1.807, 2.05) is 6.92 Å². The predicted molar refractivity (Wildman–Crippen MR) is 71.2 cm³/mol. The van der Waals surface area contributed by atoms with Crippen molar-refractivity contribution >= 4 is 11.6 Å². The number of nitrogens with two attached hydrogens (primary N) is 1. The molecule has 1 aliphatic carbocycles. The van der Waals surface area contributed by atoms with Gasteiger partial charge in [-0.3, -0.25) is 0 Å². The lowest BCUT2D eigenvalue weighted by Gasteiger charge is -2.25. The minimum absolute atomic E-state index is 0.633. The molecular weight excluding hydrogens is 212 g/mol. The first-order valence-corrected chi connectivity index (χ1v) is 6.57. The summed E-state index contributed by atoms with van der Waals surface area (Å²) in [5, 5.41) is 0. The number of nitrogen functional groups attached to an aromatic ring is 1. The van der Waals surface area contributed by atoms with E-state index in [1.165, 1.54) is 12.8 Å². The fraction of sp³-hybridized carbons (Fsp3) is 0.692. The van der Waals surface area contributed by atoms with E-state index < -0.39 is 0 Å². The van der Waals surface area contributed by atoms with Crippen molar-refractivity contribution in [2.24, 2.45) is 0 Å². The van der Waals surface area contributed by atoms with Crippen LogP contribution in [0.15, 0.2) is 0 Å². The van der Waals surface area contributed by atoms with Gasteiger partial charge in [0.2, 0.25) is 0 Å². The van der Waals surface area contributed by atoms with Crippen molar-refractivity contribution in [3.8, 4) is 0 Å². The molecule has 2 rings (SSSR count). The summed E-state index contributed by atoms with van der Waals surface area (Å²) in [5.41, 5.74) is 7.00. The molecule has 0 radical (unpaired) electrons. The number of aryl methyl sites for hydroxylation is 1. The summed E-state index contributed by atoms with van der Waals surface area (Å²) >= 11 is 0. The molecule has 0 saturated heterocycles. The first-order chi connectivity index (χ1) is 8.17. The standard InChI is InChI=1S/C13H22N4/c1-4-8-17(10-6-7-10)13-9(3)12(14)15-11(5-2)16-13/h10H,4-8H2,1-3H3,(H2,14,15,16). The highest BCUT2D eigenvalue weighted by Gasteiger charge is 2.30. The third-order valence-corrected chi connectivity index (χ3v) is 3.24. The molecule has 0 amide bonds. The highest BCUT2D eigenvalue weighted by Crippen LogP contribution is 2.33. The van der Waals surface area contributed by atoms with Gasteiger partial charge < -0.3 is 10.6 Å². The summed E-state index contributed by atoms with van der Waals surface area (Å²) < 4.78 is 0. The van der Waals surface area contributed by atoms with E-state index in [0.717, 1.165) is 36.6 Å². The second kappa shape index (κ2) is 4.90. The maximum absolute atomic E-state index is 5.97. The van der Waals surface area contributed by atoms with Gasteiger partial charge in [-0.15, -0.1) is 0 Å². The Hall–Kier alpha value is -1.32. The molecule has 0 aliphatic heterocycles. The average molecular weight is 234 g/mol. The minimum atomic E-state index is 0.633. The smallest absolute Gasteiger partial charge is 0.137 e. The van der Waals surface area contributed by atoms with Crippen molar-refractivity contribution in [1.29, 1.82) is 0 Å². The Kier molecular flexibility index (Phi) is 3.50. The normalized spacial score (nSPS) is 15.0. The minimum Gasteiger partial charge on any atom is -0.383 e. The highest BCUT2D eigenvalue weighted by molar-refractivity contribution is 5.57. The Bertz CT molecular complexity index is 399. The molecule has 0 aromatic carbocycles. The third kappa shape index (κ3) is 2.51. The second-order valence-corrected chi connectivity index (χ2v) is 4.75. The maximum Gasteiger partial charge on any atom is 0.137 e. The Labute approximate surface area is 103 Å². The van der Waals surface area contributed by atoms with Crippen LogP contribution in [0.2, 0.25) is 0 Å². The molecule has 0 spiro atoms. The van der Waals surface area contributed by atoms with E-state index >= 15 is 0 Å². The van der Waals surface area contributed by atoms with Gasteiger partial charge in [-0.05, 0) is 26.2 Å². The molecular formula is C13H22N4. The first kappa shape index (κ1) is 12.1. The molecule has 1 aromatic rings. The number of rotatable bonds is 5. The average Bonchev–Trinajstić information content (AvgIpc) is 3.14. The van der Waals surface area contributed by atoms with Crippen molar-refractivity contribution in [2.75, 3.05) is 17.2 Å². The van der Waals surface area contributed by atoms with Crippen LogP contribution in [0.5, 0.6) is 0 Å². The molecule has 1 aromatic heterocycles. The molecule has 0 bridgehead atoms. The first-order valence-electron chi connectivity index (χ1n) is 6.57. The molecule has 4 nitrogen and oxygen atoms in total. The van der Waals surface area contributed by atoms with Crippen LogP contribution >= 0.6 is 0 Å². The van der Waals surface area contributed by atoms with Gasteiger partial charge >= 0.3 is 0 Å². The summed E-state index contributed by atoms with van der Waals surface area (Å²) in [6.07, 6.45) is 4.54. The number of hydrogen-bond donors (Lipinski definition) is 1. The second-order valence-electron chi connectivity index (χ2n) is 4.75. The zero-order valence-corrected chi connectivity index (χ0v) is 11.0. The van der Waals surface area contributed by atoms with Gasteiger partial charge in [0.1, 0.15) is 17.5 Å². The van der Waals surface area contributed by atoms with Crippen LogP contribution < -0.4 is 10.6 Å². The lowest BCUT2D eigenvalue weighted by atomic mass is 10.2. The molecule has 17 heavy (non-hydrogen) atoms. The summed E-state index contributed by atoms with van der Waals surface area (Å²) in [7, 11) is 0. The molecule has 0 atom stereocenters. The zero-order chi connectivity index (χ0) is 12.4. The van der Waals surface area contributed by atoms with Crippen molar-refractivity contribution < 1.29 is 0 Å². The van der Waals surface area contributed by atoms with Gasteiger partial charge in [-0.2, -0.15) is 0 Å². The monoisotopic (exact) mass is 234 g/mol. The van der Waals surface area contributed by atoms with Crippen LogP contribution in [0.4, 0.5) is 11.6 Å². The number of nitrogens with zero attached hydrogens (tertiary/aromatic N) is 3. The molecule has 1 saturated carbocycles. The Balaban J connectivity index is 2.36. The van der Waals surface area contributed by atoms with Crippen molar-refractivity contribution in [1.82, 2.24) is 9.97 Å². The van der Waals surface area contributed by atoms with Gasteiger partial charge in [0.05, 0.1) is 0 Å². The van der Waals surface area contributed by atoms with Crippen LogP contribution in [-0.2, 0) is 6.42 Å². The molecule has 1 heterocycles. The lowest BCUT2D eigenvalue weighted by Crippen LogP contribution is -2.29. The SMILES string of the molecule is CCCN(c1nc(CC)nc(N)c1C)C1CC1. The van der Waals surface area contributed by atoms with Gasteiger partial charge in [-0.1, -0.05) is 13.8 Å². The third-order valence-electron chi connectivity index (χ3n) is 3.24. The van der Waals surface area contributed by atoms with E-state index in [1.54, 1.807) is 0 Å². The highest BCUT2D eigenvalue weighted by atomic mass is 15.2. The van der Waals surface area contributed by atoms with Gasteiger partial charge in [-0.25, -0.2) is 9.97 Å². The quantitative estimate of drug-likeness (QED) is 0.849.